The Hall–Kier alpha value is -2.44. The standard InChI is InChI=1S/C9H9N7/c1-4-2-3-11-6-5(4)12-7(13-6)8-14-9(10)16-15-8/h2-3H,1H3,(H,11,12,13)(H3,10,14,15,16). The van der Waals surface area contributed by atoms with Crippen molar-refractivity contribution >= 4 is 17.1 Å². The van der Waals surface area contributed by atoms with Gasteiger partial charge in [-0.2, -0.15) is 4.98 Å². The monoisotopic (exact) mass is 215 g/mol. The summed E-state index contributed by atoms with van der Waals surface area (Å²) in [4.78, 5) is 15.6. The van der Waals surface area contributed by atoms with E-state index >= 15 is 0 Å². The molecular weight excluding hydrogens is 206 g/mol. The Morgan fingerprint density at radius 3 is 2.81 bits per heavy atom. The smallest absolute Gasteiger partial charge is 0.239 e. The van der Waals surface area contributed by atoms with Gasteiger partial charge in [-0.1, -0.05) is 0 Å². The van der Waals surface area contributed by atoms with Gasteiger partial charge in [-0.05, 0) is 18.6 Å². The van der Waals surface area contributed by atoms with Crippen molar-refractivity contribution in [2.24, 2.45) is 0 Å². The molecule has 4 N–H and O–H groups in total. The second-order valence-electron chi connectivity index (χ2n) is 3.45. The van der Waals surface area contributed by atoms with Crippen LogP contribution in [0.4, 0.5) is 5.95 Å². The zero-order chi connectivity index (χ0) is 11.1. The van der Waals surface area contributed by atoms with Crippen LogP contribution < -0.4 is 5.73 Å². The van der Waals surface area contributed by atoms with Gasteiger partial charge in [0, 0.05) is 6.20 Å². The van der Waals surface area contributed by atoms with Crippen LogP contribution in [0.1, 0.15) is 5.56 Å². The van der Waals surface area contributed by atoms with Gasteiger partial charge in [-0.15, -0.1) is 5.10 Å². The lowest BCUT2D eigenvalue weighted by molar-refractivity contribution is 1.09. The molecule has 0 bridgehead atoms. The third-order valence-corrected chi connectivity index (χ3v) is 2.33. The molecule has 3 rings (SSSR count). The lowest BCUT2D eigenvalue weighted by Gasteiger charge is -1.90. The van der Waals surface area contributed by atoms with Crippen LogP contribution in [0.3, 0.4) is 0 Å². The lowest BCUT2D eigenvalue weighted by Crippen LogP contribution is -1.86. The van der Waals surface area contributed by atoms with Gasteiger partial charge in [0.15, 0.2) is 17.3 Å². The van der Waals surface area contributed by atoms with Crippen LogP contribution in [0.15, 0.2) is 12.3 Å². The first-order valence-electron chi connectivity index (χ1n) is 4.73. The zero-order valence-corrected chi connectivity index (χ0v) is 8.52. The van der Waals surface area contributed by atoms with E-state index in [2.05, 4.69) is 30.1 Å². The van der Waals surface area contributed by atoms with Crippen molar-refractivity contribution in [2.75, 3.05) is 5.73 Å². The van der Waals surface area contributed by atoms with Gasteiger partial charge >= 0.3 is 0 Å². The molecule has 0 amide bonds. The molecule has 0 aromatic carbocycles. The molecule has 0 aliphatic carbocycles. The molecule has 3 aromatic heterocycles. The Bertz CT molecular complexity index is 651. The van der Waals surface area contributed by atoms with E-state index in [0.29, 0.717) is 17.3 Å². The van der Waals surface area contributed by atoms with E-state index in [1.54, 1.807) is 6.20 Å². The van der Waals surface area contributed by atoms with E-state index in [1.807, 2.05) is 13.0 Å². The molecule has 3 aromatic rings. The highest BCUT2D eigenvalue weighted by atomic mass is 15.3. The summed E-state index contributed by atoms with van der Waals surface area (Å²) in [6.45, 7) is 1.99. The molecule has 3 heterocycles. The normalized spacial score (nSPS) is 11.1. The summed E-state index contributed by atoms with van der Waals surface area (Å²) in [6.07, 6.45) is 1.72. The number of anilines is 1. The van der Waals surface area contributed by atoms with Crippen LogP contribution in [-0.2, 0) is 0 Å². The van der Waals surface area contributed by atoms with Crippen LogP contribution in [-0.4, -0.2) is 30.1 Å². The zero-order valence-electron chi connectivity index (χ0n) is 8.52. The maximum atomic E-state index is 5.43. The van der Waals surface area contributed by atoms with Crippen molar-refractivity contribution < 1.29 is 0 Å². The van der Waals surface area contributed by atoms with Crippen molar-refractivity contribution in [3.63, 3.8) is 0 Å². The van der Waals surface area contributed by atoms with Crippen molar-refractivity contribution in [1.82, 2.24) is 30.1 Å². The molecular formula is C9H9N7. The van der Waals surface area contributed by atoms with Gasteiger partial charge in [-0.3, -0.25) is 5.10 Å². The number of pyridine rings is 1. The van der Waals surface area contributed by atoms with Gasteiger partial charge in [0.25, 0.3) is 0 Å². The number of nitrogens with two attached hydrogens (primary N) is 1. The SMILES string of the molecule is Cc1ccnc2nc(-c3nc(N)n[nH]3)[nH]c12. The molecule has 7 nitrogen and oxygen atoms in total. The third-order valence-electron chi connectivity index (χ3n) is 2.33. The molecule has 0 fully saturated rings. The van der Waals surface area contributed by atoms with E-state index in [-0.39, 0.29) is 5.95 Å². The summed E-state index contributed by atoms with van der Waals surface area (Å²) in [5.41, 5.74) is 8.06. The highest BCUT2D eigenvalue weighted by Gasteiger charge is 2.10. The molecule has 0 saturated heterocycles. The molecule has 0 spiro atoms. The highest BCUT2D eigenvalue weighted by Crippen LogP contribution is 2.18. The summed E-state index contributed by atoms with van der Waals surface area (Å²) in [6, 6.07) is 1.92. The van der Waals surface area contributed by atoms with Gasteiger partial charge < -0.3 is 10.7 Å². The summed E-state index contributed by atoms with van der Waals surface area (Å²) in [5, 5.41) is 6.44. The molecule has 0 saturated carbocycles. The minimum atomic E-state index is 0.195. The predicted octanol–water partition coefficient (Wildman–Crippen LogP) is 0.634. The van der Waals surface area contributed by atoms with Crippen LogP contribution in [0.2, 0.25) is 0 Å². The summed E-state index contributed by atoms with van der Waals surface area (Å²) < 4.78 is 0. The minimum absolute atomic E-state index is 0.195. The Morgan fingerprint density at radius 1 is 1.25 bits per heavy atom. The highest BCUT2D eigenvalue weighted by molar-refractivity contribution is 5.77. The Labute approximate surface area is 90.1 Å². The van der Waals surface area contributed by atoms with Crippen molar-refractivity contribution in [2.45, 2.75) is 6.92 Å². The number of nitrogen functional groups attached to an aromatic ring is 1. The molecule has 0 atom stereocenters. The van der Waals surface area contributed by atoms with Crippen molar-refractivity contribution in [3.05, 3.63) is 17.8 Å². The molecule has 0 aliphatic heterocycles. The number of H-pyrrole nitrogens is 2. The van der Waals surface area contributed by atoms with Gasteiger partial charge in [0.2, 0.25) is 5.95 Å². The number of rotatable bonds is 1. The maximum Gasteiger partial charge on any atom is 0.239 e. The van der Waals surface area contributed by atoms with E-state index < -0.39 is 0 Å². The largest absolute Gasteiger partial charge is 0.366 e. The Balaban J connectivity index is 2.22. The summed E-state index contributed by atoms with van der Waals surface area (Å²) in [7, 11) is 0. The molecule has 0 aliphatic rings. The fourth-order valence-corrected chi connectivity index (χ4v) is 1.53. The van der Waals surface area contributed by atoms with Gasteiger partial charge in [0.1, 0.15) is 0 Å². The first kappa shape index (κ1) is 8.84. The van der Waals surface area contributed by atoms with Crippen LogP contribution in [0.25, 0.3) is 22.8 Å². The fraction of sp³-hybridized carbons (Fsp3) is 0.111. The van der Waals surface area contributed by atoms with Crippen LogP contribution in [0.5, 0.6) is 0 Å². The first-order chi connectivity index (χ1) is 7.74. The fourth-order valence-electron chi connectivity index (χ4n) is 1.53. The number of nitrogens with zero attached hydrogens (tertiary/aromatic N) is 4. The van der Waals surface area contributed by atoms with Gasteiger partial charge in [0.05, 0.1) is 5.52 Å². The number of hydrogen-bond acceptors (Lipinski definition) is 5. The Kier molecular flexibility index (Phi) is 1.67. The number of hydrogen-bond donors (Lipinski definition) is 3. The number of nitrogens with one attached hydrogen (secondary N) is 2. The van der Waals surface area contributed by atoms with E-state index in [0.717, 1.165) is 11.1 Å². The van der Waals surface area contributed by atoms with E-state index in [1.165, 1.54) is 0 Å². The quantitative estimate of drug-likeness (QED) is 0.551. The number of aromatic nitrogens is 6. The summed E-state index contributed by atoms with van der Waals surface area (Å²) in [5.74, 6) is 1.29. The summed E-state index contributed by atoms with van der Waals surface area (Å²) >= 11 is 0. The third kappa shape index (κ3) is 1.22. The maximum absolute atomic E-state index is 5.43. The molecule has 0 unspecified atom stereocenters. The molecule has 0 radical (unpaired) electrons. The lowest BCUT2D eigenvalue weighted by atomic mass is 10.3. The second-order valence-corrected chi connectivity index (χ2v) is 3.45. The first-order valence-corrected chi connectivity index (χ1v) is 4.73. The predicted molar refractivity (Wildman–Crippen MR) is 58.4 cm³/mol. The van der Waals surface area contributed by atoms with E-state index in [9.17, 15) is 0 Å². The number of imidazole rings is 1. The molecule has 7 heteroatoms. The van der Waals surface area contributed by atoms with Crippen LogP contribution in [0, 0.1) is 6.92 Å². The van der Waals surface area contributed by atoms with Crippen molar-refractivity contribution in [1.29, 1.82) is 0 Å². The number of aryl methyl sites for hydroxylation is 1. The Morgan fingerprint density at radius 2 is 2.12 bits per heavy atom. The number of fused-ring (bicyclic) bond motifs is 1. The van der Waals surface area contributed by atoms with Crippen LogP contribution >= 0.6 is 0 Å². The topological polar surface area (TPSA) is 109 Å². The average molecular weight is 215 g/mol. The second kappa shape index (κ2) is 3.02. The van der Waals surface area contributed by atoms with Gasteiger partial charge in [-0.25, -0.2) is 9.97 Å². The minimum Gasteiger partial charge on any atom is -0.366 e. The molecule has 80 valence electrons. The van der Waals surface area contributed by atoms with Crippen molar-refractivity contribution in [3.8, 4) is 11.6 Å². The number of aromatic amines is 2. The molecule has 16 heavy (non-hydrogen) atoms. The average Bonchev–Trinajstić information content (AvgIpc) is 2.84. The van der Waals surface area contributed by atoms with E-state index in [4.69, 9.17) is 5.73 Å².